The monoisotopic (exact) mass is 533 g/mol. The molecule has 0 atom stereocenters. The Hall–Kier alpha value is -3.90. The lowest BCUT2D eigenvalue weighted by Crippen LogP contribution is -2.57. The van der Waals surface area contributed by atoms with Crippen LogP contribution < -0.4 is 20.4 Å². The van der Waals surface area contributed by atoms with E-state index in [9.17, 15) is 9.59 Å². The molecule has 0 aliphatic carbocycles. The van der Waals surface area contributed by atoms with E-state index in [0.717, 1.165) is 50.6 Å². The van der Waals surface area contributed by atoms with Gasteiger partial charge in [0.15, 0.2) is 5.82 Å². The van der Waals surface area contributed by atoms with Gasteiger partial charge in [-0.1, -0.05) is 0 Å². The number of likely N-dealkylation sites (tertiary alicyclic amines) is 1. The number of aryl methyl sites for hydroxylation is 1. The third-order valence-corrected chi connectivity index (χ3v) is 7.76. The molecule has 6 rings (SSSR count). The van der Waals surface area contributed by atoms with Crippen LogP contribution in [-0.4, -0.2) is 95.6 Å². The third-order valence-electron chi connectivity index (χ3n) is 7.76. The van der Waals surface area contributed by atoms with Gasteiger partial charge < -0.3 is 20.4 Å². The highest BCUT2D eigenvalue weighted by Gasteiger charge is 2.31. The first-order valence-electron chi connectivity index (χ1n) is 13.3. The number of anilines is 3. The summed E-state index contributed by atoms with van der Waals surface area (Å²) in [6.07, 6.45) is 1.42. The average Bonchev–Trinajstić information content (AvgIpc) is 2.91. The maximum atomic E-state index is 15.6. The first-order chi connectivity index (χ1) is 18.8. The molecule has 2 saturated heterocycles. The van der Waals surface area contributed by atoms with Crippen molar-refractivity contribution in [1.29, 1.82) is 0 Å². The zero-order valence-corrected chi connectivity index (χ0v) is 22.4. The number of likely N-dealkylation sites (N-methyl/N-ethyl adjacent to an activating group) is 1. The quantitative estimate of drug-likeness (QED) is 0.497. The summed E-state index contributed by atoms with van der Waals surface area (Å²) in [4.78, 5) is 46.4. The van der Waals surface area contributed by atoms with Crippen molar-refractivity contribution in [1.82, 2.24) is 30.1 Å². The standard InChI is InChI=1S/C27H32FN9O2/c1-4-37-25-22-20(29-15-30-25)11-17(23(28)24(22)33-27(37)39)12-35-7-9-36(10-8-35)21-6-5-19(31-16(21)2)26(38)32-18-13-34(3)14-18/h5-6,11,15,18H,4,7-10,12-14H2,1-3H3,(H,32,38)(H,33,39). The van der Waals surface area contributed by atoms with Crippen molar-refractivity contribution in [3.63, 3.8) is 0 Å². The number of hydrogen-bond acceptors (Lipinski definition) is 8. The van der Waals surface area contributed by atoms with Gasteiger partial charge >= 0.3 is 6.03 Å². The number of benzene rings is 1. The molecule has 39 heavy (non-hydrogen) atoms. The van der Waals surface area contributed by atoms with E-state index in [-0.39, 0.29) is 17.6 Å². The topological polar surface area (TPSA) is 110 Å². The maximum Gasteiger partial charge on any atom is 0.327 e. The molecule has 2 N–H and O–H groups in total. The van der Waals surface area contributed by atoms with Crippen molar-refractivity contribution < 1.29 is 14.0 Å². The summed E-state index contributed by atoms with van der Waals surface area (Å²) in [6, 6.07) is 5.30. The molecule has 0 saturated carbocycles. The Morgan fingerprint density at radius 2 is 1.95 bits per heavy atom. The molecule has 0 bridgehead atoms. The number of hydrogen-bond donors (Lipinski definition) is 2. The summed E-state index contributed by atoms with van der Waals surface area (Å²) in [7, 11) is 2.03. The average molecular weight is 534 g/mol. The molecule has 204 valence electrons. The molecule has 3 aromatic rings. The zero-order valence-electron chi connectivity index (χ0n) is 22.4. The fourth-order valence-corrected chi connectivity index (χ4v) is 5.69. The largest absolute Gasteiger partial charge is 0.368 e. The van der Waals surface area contributed by atoms with Gasteiger partial charge in [0, 0.05) is 57.9 Å². The molecule has 3 aliphatic heterocycles. The van der Waals surface area contributed by atoms with E-state index >= 15 is 4.39 Å². The molecule has 2 aromatic heterocycles. The molecule has 0 unspecified atom stereocenters. The van der Waals surface area contributed by atoms with Crippen LogP contribution in [0.15, 0.2) is 24.5 Å². The Morgan fingerprint density at radius 1 is 1.18 bits per heavy atom. The number of carbonyl (C=O) groups is 2. The molecular formula is C27H32FN9O2. The zero-order chi connectivity index (χ0) is 27.3. The molecule has 1 aromatic carbocycles. The van der Waals surface area contributed by atoms with Crippen LogP contribution in [0.3, 0.4) is 0 Å². The summed E-state index contributed by atoms with van der Waals surface area (Å²) in [5.74, 6) is -0.143. The van der Waals surface area contributed by atoms with Crippen molar-refractivity contribution >= 4 is 40.0 Å². The summed E-state index contributed by atoms with van der Waals surface area (Å²) >= 11 is 0. The van der Waals surface area contributed by atoms with Crippen LogP contribution in [0.25, 0.3) is 10.9 Å². The molecule has 2 fully saturated rings. The van der Waals surface area contributed by atoms with Crippen molar-refractivity contribution in [2.45, 2.75) is 26.4 Å². The van der Waals surface area contributed by atoms with E-state index in [4.69, 9.17) is 0 Å². The Kier molecular flexibility index (Phi) is 6.51. The number of piperazine rings is 1. The van der Waals surface area contributed by atoms with E-state index in [1.54, 1.807) is 12.1 Å². The summed E-state index contributed by atoms with van der Waals surface area (Å²) < 4.78 is 15.6. The predicted octanol–water partition coefficient (Wildman–Crippen LogP) is 2.21. The normalized spacial score (nSPS) is 18.3. The first-order valence-corrected chi connectivity index (χ1v) is 13.3. The lowest BCUT2D eigenvalue weighted by Gasteiger charge is -2.37. The molecule has 0 spiro atoms. The molecular weight excluding hydrogens is 501 g/mol. The van der Waals surface area contributed by atoms with Gasteiger partial charge in [-0.2, -0.15) is 0 Å². The minimum Gasteiger partial charge on any atom is -0.368 e. The van der Waals surface area contributed by atoms with Crippen molar-refractivity contribution in [3.8, 4) is 0 Å². The van der Waals surface area contributed by atoms with E-state index in [1.807, 2.05) is 27.0 Å². The van der Waals surface area contributed by atoms with Gasteiger partial charge in [0.05, 0.1) is 34.0 Å². The molecule has 3 aliphatic rings. The summed E-state index contributed by atoms with van der Waals surface area (Å²) in [6.45, 7) is 9.28. The van der Waals surface area contributed by atoms with E-state index < -0.39 is 11.8 Å². The van der Waals surface area contributed by atoms with Gasteiger partial charge in [-0.05, 0) is 39.1 Å². The molecule has 0 radical (unpaired) electrons. The number of amides is 3. The van der Waals surface area contributed by atoms with Gasteiger partial charge in [0.2, 0.25) is 0 Å². The highest BCUT2D eigenvalue weighted by Crippen LogP contribution is 2.38. The smallest absolute Gasteiger partial charge is 0.327 e. The summed E-state index contributed by atoms with van der Waals surface area (Å²) in [5, 5.41) is 6.27. The van der Waals surface area contributed by atoms with Crippen LogP contribution in [0, 0.1) is 12.7 Å². The van der Waals surface area contributed by atoms with Gasteiger partial charge in [0.25, 0.3) is 5.91 Å². The second kappa shape index (κ2) is 10.0. The second-order valence-electron chi connectivity index (χ2n) is 10.4. The minimum absolute atomic E-state index is 0.139. The number of urea groups is 1. The van der Waals surface area contributed by atoms with Crippen LogP contribution in [0.1, 0.15) is 28.7 Å². The third kappa shape index (κ3) is 4.63. The van der Waals surface area contributed by atoms with E-state index in [1.165, 1.54) is 11.2 Å². The SMILES string of the molecule is CCN1C(=O)Nc2c(F)c(CN3CCN(c4ccc(C(=O)NC5CN(C)C5)nc4C)CC3)cc3ncnc1c23. The first kappa shape index (κ1) is 25.4. The Balaban J connectivity index is 1.13. The lowest BCUT2D eigenvalue weighted by molar-refractivity contribution is 0.0852. The van der Waals surface area contributed by atoms with Crippen molar-refractivity contribution in [2.24, 2.45) is 0 Å². The van der Waals surface area contributed by atoms with Gasteiger partial charge in [-0.25, -0.2) is 24.1 Å². The highest BCUT2D eigenvalue weighted by atomic mass is 19.1. The van der Waals surface area contributed by atoms with Gasteiger partial charge in [-0.15, -0.1) is 0 Å². The van der Waals surface area contributed by atoms with Gasteiger partial charge in [0.1, 0.15) is 17.8 Å². The van der Waals surface area contributed by atoms with Crippen LogP contribution in [-0.2, 0) is 6.54 Å². The number of carbonyl (C=O) groups excluding carboxylic acids is 2. The van der Waals surface area contributed by atoms with Crippen molar-refractivity contribution in [3.05, 3.63) is 47.3 Å². The minimum atomic E-state index is -0.437. The summed E-state index contributed by atoms with van der Waals surface area (Å²) in [5.41, 5.74) is 3.51. The Labute approximate surface area is 226 Å². The maximum absolute atomic E-state index is 15.6. The Bertz CT molecular complexity index is 1450. The Morgan fingerprint density at radius 3 is 2.64 bits per heavy atom. The van der Waals surface area contributed by atoms with Crippen LogP contribution in [0.4, 0.5) is 26.4 Å². The molecule has 3 amide bonds. The predicted molar refractivity (Wildman–Crippen MR) is 147 cm³/mol. The lowest BCUT2D eigenvalue weighted by atomic mass is 10.1. The number of aromatic nitrogens is 3. The molecule has 11 nitrogen and oxygen atoms in total. The second-order valence-corrected chi connectivity index (χ2v) is 10.4. The number of halogens is 1. The molecule has 5 heterocycles. The van der Waals surface area contributed by atoms with E-state index in [0.29, 0.717) is 41.1 Å². The van der Waals surface area contributed by atoms with E-state index in [2.05, 4.69) is 40.3 Å². The number of pyridine rings is 1. The molecule has 12 heteroatoms. The van der Waals surface area contributed by atoms with Crippen molar-refractivity contribution in [2.75, 3.05) is 68.0 Å². The highest BCUT2D eigenvalue weighted by molar-refractivity contribution is 6.17. The number of rotatable bonds is 6. The fourth-order valence-electron chi connectivity index (χ4n) is 5.69. The van der Waals surface area contributed by atoms with Gasteiger partial charge in [-0.3, -0.25) is 14.6 Å². The van der Waals surface area contributed by atoms with Crippen LogP contribution in [0.5, 0.6) is 0 Å². The van der Waals surface area contributed by atoms with Crippen LogP contribution >= 0.6 is 0 Å². The fraction of sp³-hybridized carbons (Fsp3) is 0.444. The number of nitrogens with one attached hydrogen (secondary N) is 2. The van der Waals surface area contributed by atoms with Crippen LogP contribution in [0.2, 0.25) is 0 Å². The number of nitrogens with zero attached hydrogens (tertiary/aromatic N) is 7.